The Balaban J connectivity index is 1.35. The second kappa shape index (κ2) is 7.81. The Labute approximate surface area is 180 Å². The molecule has 1 aromatic heterocycles. The monoisotopic (exact) mass is 433 g/mol. The number of benzene rings is 3. The van der Waals surface area contributed by atoms with Crippen molar-refractivity contribution in [3.63, 3.8) is 0 Å². The minimum Gasteiger partial charge on any atom is -0.448 e. The fourth-order valence-electron chi connectivity index (χ4n) is 4.12. The first-order valence-corrected chi connectivity index (χ1v) is 9.91. The van der Waals surface area contributed by atoms with Crippen LogP contribution in [0.2, 0.25) is 0 Å². The van der Waals surface area contributed by atoms with Crippen LogP contribution in [0.3, 0.4) is 0 Å². The van der Waals surface area contributed by atoms with Gasteiger partial charge in [-0.25, -0.2) is 13.6 Å². The molecule has 0 radical (unpaired) electrons. The lowest BCUT2D eigenvalue weighted by Gasteiger charge is -2.14. The number of carbonyl (C=O) groups excluding carboxylic acids is 1. The molecule has 6 nitrogen and oxygen atoms in total. The zero-order valence-electron chi connectivity index (χ0n) is 16.6. The van der Waals surface area contributed by atoms with E-state index >= 15 is 0 Å². The summed E-state index contributed by atoms with van der Waals surface area (Å²) in [6.45, 7) is 0.0923. The van der Waals surface area contributed by atoms with Gasteiger partial charge in [0.15, 0.2) is 11.6 Å². The lowest BCUT2D eigenvalue weighted by Crippen LogP contribution is -2.18. The number of ether oxygens (including phenoxy) is 1. The maximum absolute atomic E-state index is 13.6. The maximum Gasteiger partial charge on any atom is 0.412 e. The van der Waals surface area contributed by atoms with Crippen molar-refractivity contribution in [2.75, 3.05) is 11.9 Å². The summed E-state index contributed by atoms with van der Waals surface area (Å²) in [4.78, 5) is 24.7. The number of H-pyrrole nitrogens is 2. The average Bonchev–Trinajstić information content (AvgIpc) is 3.32. The molecule has 0 spiro atoms. The van der Waals surface area contributed by atoms with E-state index in [1.807, 2.05) is 48.5 Å². The van der Waals surface area contributed by atoms with Gasteiger partial charge in [-0.3, -0.25) is 20.3 Å². The Bertz CT molecular complexity index is 1350. The highest BCUT2D eigenvalue weighted by atomic mass is 19.2. The fraction of sp³-hybridized carbons (Fsp3) is 0.0833. The lowest BCUT2D eigenvalue weighted by atomic mass is 9.98. The summed E-state index contributed by atoms with van der Waals surface area (Å²) in [7, 11) is 0. The predicted octanol–water partition coefficient (Wildman–Crippen LogP) is 5.01. The summed E-state index contributed by atoms with van der Waals surface area (Å²) in [6, 6.07) is 18.9. The molecule has 8 heteroatoms. The molecule has 0 saturated heterocycles. The third kappa shape index (κ3) is 3.35. The Morgan fingerprint density at radius 2 is 1.56 bits per heavy atom. The molecule has 4 aromatic rings. The smallest absolute Gasteiger partial charge is 0.412 e. The molecule has 0 saturated carbocycles. The van der Waals surface area contributed by atoms with Gasteiger partial charge in [0.25, 0.3) is 5.56 Å². The van der Waals surface area contributed by atoms with Crippen molar-refractivity contribution >= 4 is 11.9 Å². The fourth-order valence-corrected chi connectivity index (χ4v) is 4.12. The van der Waals surface area contributed by atoms with Crippen LogP contribution in [0.5, 0.6) is 0 Å². The predicted molar refractivity (Wildman–Crippen MR) is 115 cm³/mol. The summed E-state index contributed by atoms with van der Waals surface area (Å²) < 4.78 is 32.3. The van der Waals surface area contributed by atoms with Crippen molar-refractivity contribution in [3.8, 4) is 22.3 Å². The van der Waals surface area contributed by atoms with E-state index in [1.165, 1.54) is 6.07 Å². The largest absolute Gasteiger partial charge is 0.448 e. The van der Waals surface area contributed by atoms with Gasteiger partial charge in [0.1, 0.15) is 12.4 Å². The number of fused-ring (bicyclic) bond motifs is 3. The standard InChI is InChI=1S/C24H17F2N3O3/c25-19-10-9-13(11-20(19)26)21-22(28-29-23(21)30)27-24(31)32-12-18-16-7-3-1-5-14(16)15-6-2-4-8-17(15)18/h1-11,18H,12H2,(H3,27,28,29,30,31). The minimum absolute atomic E-state index is 0.00164. The number of aromatic amines is 2. The number of anilines is 1. The molecule has 1 aliphatic rings. The number of aromatic nitrogens is 2. The summed E-state index contributed by atoms with van der Waals surface area (Å²) in [5.41, 5.74) is 3.83. The van der Waals surface area contributed by atoms with E-state index in [-0.39, 0.29) is 29.5 Å². The maximum atomic E-state index is 13.6. The Morgan fingerprint density at radius 1 is 0.906 bits per heavy atom. The van der Waals surface area contributed by atoms with Gasteiger partial charge in [-0.15, -0.1) is 0 Å². The van der Waals surface area contributed by atoms with E-state index in [0.717, 1.165) is 34.4 Å². The van der Waals surface area contributed by atoms with Gasteiger partial charge in [0.05, 0.1) is 5.56 Å². The molecule has 160 valence electrons. The Kier molecular flexibility index (Phi) is 4.82. The van der Waals surface area contributed by atoms with E-state index in [2.05, 4.69) is 15.5 Å². The van der Waals surface area contributed by atoms with Crippen molar-refractivity contribution in [2.24, 2.45) is 0 Å². The van der Waals surface area contributed by atoms with E-state index in [1.54, 1.807) is 0 Å². The third-order valence-corrected chi connectivity index (χ3v) is 5.56. The van der Waals surface area contributed by atoms with Crippen LogP contribution in [0, 0.1) is 11.6 Å². The molecule has 0 atom stereocenters. The Morgan fingerprint density at radius 3 is 2.22 bits per heavy atom. The summed E-state index contributed by atoms with van der Waals surface area (Å²) in [5, 5.41) is 7.33. The second-order valence-electron chi connectivity index (χ2n) is 7.41. The first kappa shape index (κ1) is 19.7. The van der Waals surface area contributed by atoms with Crippen LogP contribution in [0.4, 0.5) is 19.4 Å². The van der Waals surface area contributed by atoms with Crippen LogP contribution in [-0.2, 0) is 4.74 Å². The van der Waals surface area contributed by atoms with Crippen molar-refractivity contribution in [2.45, 2.75) is 5.92 Å². The van der Waals surface area contributed by atoms with E-state index in [9.17, 15) is 18.4 Å². The van der Waals surface area contributed by atoms with Gasteiger partial charge in [-0.05, 0) is 39.9 Å². The van der Waals surface area contributed by atoms with Crippen molar-refractivity contribution in [3.05, 3.63) is 99.8 Å². The van der Waals surface area contributed by atoms with Gasteiger partial charge in [-0.2, -0.15) is 0 Å². The van der Waals surface area contributed by atoms with Gasteiger partial charge >= 0.3 is 6.09 Å². The molecule has 0 fully saturated rings. The van der Waals surface area contributed by atoms with Crippen LogP contribution >= 0.6 is 0 Å². The molecule has 1 amide bonds. The molecule has 0 aliphatic heterocycles. The molecule has 1 aliphatic carbocycles. The quantitative estimate of drug-likeness (QED) is 0.423. The van der Waals surface area contributed by atoms with Crippen LogP contribution in [0.25, 0.3) is 22.3 Å². The van der Waals surface area contributed by atoms with Crippen molar-refractivity contribution in [1.29, 1.82) is 0 Å². The minimum atomic E-state index is -1.10. The highest BCUT2D eigenvalue weighted by molar-refractivity contribution is 5.89. The van der Waals surface area contributed by atoms with Crippen LogP contribution in [0.15, 0.2) is 71.5 Å². The molecule has 32 heavy (non-hydrogen) atoms. The topological polar surface area (TPSA) is 87.0 Å². The SMILES string of the molecule is O=C(Nc1[nH][nH]c(=O)c1-c1ccc(F)c(F)c1)OCC1c2ccccc2-c2ccccc21. The number of carbonyl (C=O) groups is 1. The normalized spacial score (nSPS) is 12.3. The number of halogens is 2. The van der Waals surface area contributed by atoms with E-state index < -0.39 is 23.3 Å². The number of nitrogens with one attached hydrogen (secondary N) is 3. The van der Waals surface area contributed by atoms with Gasteiger partial charge in [-0.1, -0.05) is 54.6 Å². The van der Waals surface area contributed by atoms with Crippen molar-refractivity contribution < 1.29 is 18.3 Å². The second-order valence-corrected chi connectivity index (χ2v) is 7.41. The first-order chi connectivity index (χ1) is 15.5. The molecule has 0 bridgehead atoms. The zero-order chi connectivity index (χ0) is 22.2. The third-order valence-electron chi connectivity index (χ3n) is 5.56. The zero-order valence-corrected chi connectivity index (χ0v) is 16.6. The van der Waals surface area contributed by atoms with Crippen LogP contribution in [0.1, 0.15) is 17.0 Å². The molecule has 3 N–H and O–H groups in total. The molecule has 1 heterocycles. The highest BCUT2D eigenvalue weighted by Crippen LogP contribution is 2.44. The Hall–Kier alpha value is -4.20. The number of rotatable bonds is 4. The number of amides is 1. The lowest BCUT2D eigenvalue weighted by molar-refractivity contribution is 0.158. The van der Waals surface area contributed by atoms with E-state index in [0.29, 0.717) is 0 Å². The van der Waals surface area contributed by atoms with Gasteiger partial charge in [0.2, 0.25) is 0 Å². The van der Waals surface area contributed by atoms with Gasteiger partial charge < -0.3 is 4.74 Å². The highest BCUT2D eigenvalue weighted by Gasteiger charge is 2.29. The molecular weight excluding hydrogens is 416 g/mol. The average molecular weight is 433 g/mol. The molecular formula is C24H17F2N3O3. The van der Waals surface area contributed by atoms with Crippen molar-refractivity contribution in [1.82, 2.24) is 10.2 Å². The summed E-state index contributed by atoms with van der Waals surface area (Å²) in [6.07, 6.45) is -0.786. The van der Waals surface area contributed by atoms with E-state index in [4.69, 9.17) is 4.74 Å². The first-order valence-electron chi connectivity index (χ1n) is 9.91. The van der Waals surface area contributed by atoms with Crippen LogP contribution in [-0.4, -0.2) is 22.9 Å². The van der Waals surface area contributed by atoms with Gasteiger partial charge in [0, 0.05) is 5.92 Å². The number of hydrogen-bond acceptors (Lipinski definition) is 3. The molecule has 3 aromatic carbocycles. The summed E-state index contributed by atoms with van der Waals surface area (Å²) in [5.74, 6) is -2.26. The van der Waals surface area contributed by atoms with Crippen LogP contribution < -0.4 is 10.9 Å². The molecule has 0 unspecified atom stereocenters. The summed E-state index contributed by atoms with van der Waals surface area (Å²) >= 11 is 0. The molecule has 5 rings (SSSR count). The number of hydrogen-bond donors (Lipinski definition) is 3.